The second kappa shape index (κ2) is 5.94. The van der Waals surface area contributed by atoms with Crippen molar-refractivity contribution in [2.24, 2.45) is 0 Å². The first-order valence-electron chi connectivity index (χ1n) is 5.44. The average Bonchev–Trinajstić information content (AvgIpc) is 2.37. The highest BCUT2D eigenvalue weighted by Gasteiger charge is 2.28. The smallest absolute Gasteiger partial charge is 0.288 e. The zero-order valence-corrected chi connectivity index (χ0v) is 12.0. The Balaban J connectivity index is 2.14. The molecule has 1 aliphatic heterocycles. The molecule has 1 aromatic rings. The van der Waals surface area contributed by atoms with Crippen molar-refractivity contribution in [3.63, 3.8) is 0 Å². The van der Waals surface area contributed by atoms with Crippen molar-refractivity contribution >= 4 is 51.9 Å². The molecule has 0 unspecified atom stereocenters. The van der Waals surface area contributed by atoms with Crippen LogP contribution in [0.2, 0.25) is 10.0 Å². The van der Waals surface area contributed by atoms with Gasteiger partial charge in [0, 0.05) is 17.7 Å². The van der Waals surface area contributed by atoms with E-state index in [1.54, 1.807) is 0 Å². The maximum Gasteiger partial charge on any atom is 0.288 e. The molecule has 0 aromatic heterocycles. The minimum Gasteiger partial charge on any atom is -0.292 e. The van der Waals surface area contributed by atoms with Crippen molar-refractivity contribution in [2.45, 2.75) is 6.42 Å². The first kappa shape index (κ1) is 14.4. The number of amides is 2. The van der Waals surface area contributed by atoms with E-state index in [0.717, 1.165) is 16.7 Å². The van der Waals surface area contributed by atoms with Gasteiger partial charge in [-0.1, -0.05) is 35.0 Å². The van der Waals surface area contributed by atoms with Gasteiger partial charge in [0.1, 0.15) is 0 Å². The molecular weight excluding hydrogens is 309 g/mol. The molecule has 100 valence electrons. The Kier molecular flexibility index (Phi) is 4.50. The summed E-state index contributed by atoms with van der Waals surface area (Å²) < 4.78 is 0. The molecule has 0 N–H and O–H groups in total. The van der Waals surface area contributed by atoms with Crippen LogP contribution in [0.1, 0.15) is 16.8 Å². The number of carbonyl (C=O) groups is 3. The monoisotopic (exact) mass is 317 g/mol. The van der Waals surface area contributed by atoms with Gasteiger partial charge in [0.2, 0.25) is 5.91 Å². The molecule has 4 nitrogen and oxygen atoms in total. The molecule has 1 saturated heterocycles. The minimum absolute atomic E-state index is 0.261. The summed E-state index contributed by atoms with van der Waals surface area (Å²) in [5.74, 6) is -0.199. The second-order valence-corrected chi connectivity index (χ2v) is 5.76. The van der Waals surface area contributed by atoms with Crippen molar-refractivity contribution in [1.29, 1.82) is 0 Å². The van der Waals surface area contributed by atoms with Crippen LogP contribution in [0.3, 0.4) is 0 Å². The molecule has 0 aliphatic carbocycles. The fraction of sp³-hybridized carbons (Fsp3) is 0.250. The number of rotatable bonds is 3. The number of hydrogen-bond acceptors (Lipinski definition) is 4. The number of ketones is 1. The molecule has 19 heavy (non-hydrogen) atoms. The van der Waals surface area contributed by atoms with E-state index in [4.69, 9.17) is 23.2 Å². The number of benzene rings is 1. The standard InChI is InChI=1S/C12H9Cl2NO3S/c13-8-2-1-7(5-9(8)14)10(16)6-15-11(17)3-4-19-12(15)18/h1-2,5H,3-4,6H2. The zero-order valence-electron chi connectivity index (χ0n) is 9.69. The first-order chi connectivity index (χ1) is 8.99. The number of halogens is 2. The molecule has 0 atom stereocenters. The molecule has 2 amide bonds. The van der Waals surface area contributed by atoms with Gasteiger partial charge in [0.15, 0.2) is 5.78 Å². The molecular formula is C12H9Cl2NO3S. The highest BCUT2D eigenvalue weighted by molar-refractivity contribution is 8.13. The Morgan fingerprint density at radius 3 is 2.63 bits per heavy atom. The molecule has 1 aromatic carbocycles. The largest absolute Gasteiger partial charge is 0.292 e. The predicted molar refractivity (Wildman–Crippen MR) is 75.0 cm³/mol. The number of Topliss-reactive ketones (excluding diaryl/α,β-unsaturated/α-hetero) is 1. The summed E-state index contributed by atoms with van der Waals surface area (Å²) in [7, 11) is 0. The quantitative estimate of drug-likeness (QED) is 0.803. The third-order valence-corrected chi connectivity index (χ3v) is 4.22. The zero-order chi connectivity index (χ0) is 14.0. The number of thioether (sulfide) groups is 1. The maximum absolute atomic E-state index is 12.0. The fourth-order valence-electron chi connectivity index (χ4n) is 1.60. The first-order valence-corrected chi connectivity index (χ1v) is 7.18. The van der Waals surface area contributed by atoms with E-state index >= 15 is 0 Å². The molecule has 7 heteroatoms. The van der Waals surface area contributed by atoms with Gasteiger partial charge in [-0.15, -0.1) is 0 Å². The molecule has 0 saturated carbocycles. The van der Waals surface area contributed by atoms with E-state index in [9.17, 15) is 14.4 Å². The number of carbonyl (C=O) groups excluding carboxylic acids is 3. The van der Waals surface area contributed by atoms with Gasteiger partial charge < -0.3 is 0 Å². The highest BCUT2D eigenvalue weighted by atomic mass is 35.5. The topological polar surface area (TPSA) is 54.5 Å². The Morgan fingerprint density at radius 2 is 2.00 bits per heavy atom. The molecule has 0 spiro atoms. The van der Waals surface area contributed by atoms with Gasteiger partial charge in [-0.05, 0) is 18.2 Å². The van der Waals surface area contributed by atoms with Gasteiger partial charge in [-0.25, -0.2) is 0 Å². The third-order valence-electron chi connectivity index (χ3n) is 2.61. The van der Waals surface area contributed by atoms with E-state index < -0.39 is 0 Å². The molecule has 0 bridgehead atoms. The summed E-state index contributed by atoms with van der Waals surface area (Å²) in [5.41, 5.74) is 0.325. The van der Waals surface area contributed by atoms with Crippen molar-refractivity contribution in [2.75, 3.05) is 12.3 Å². The molecule has 1 fully saturated rings. The van der Waals surface area contributed by atoms with Crippen LogP contribution in [0.5, 0.6) is 0 Å². The Labute approximate surface area is 124 Å². The minimum atomic E-state index is -0.385. The third kappa shape index (κ3) is 3.29. The Bertz CT molecular complexity index is 546. The van der Waals surface area contributed by atoms with E-state index in [-0.39, 0.29) is 34.9 Å². The predicted octanol–water partition coefficient (Wildman–Crippen LogP) is 3.26. The van der Waals surface area contributed by atoms with E-state index in [0.29, 0.717) is 16.3 Å². The summed E-state index contributed by atoms with van der Waals surface area (Å²) in [6.45, 7) is -0.261. The fourth-order valence-corrected chi connectivity index (χ4v) is 2.67. The van der Waals surface area contributed by atoms with Crippen LogP contribution in [0, 0.1) is 0 Å². The Hall–Kier alpha value is -1.04. The van der Waals surface area contributed by atoms with Gasteiger partial charge in [-0.2, -0.15) is 0 Å². The molecule has 1 heterocycles. The SMILES string of the molecule is O=C(CN1C(=O)CCSC1=O)c1ccc(Cl)c(Cl)c1. The molecule has 0 radical (unpaired) electrons. The van der Waals surface area contributed by atoms with Crippen LogP contribution in [0.25, 0.3) is 0 Å². The summed E-state index contributed by atoms with van der Waals surface area (Å²) in [6.07, 6.45) is 0.269. The lowest BCUT2D eigenvalue weighted by atomic mass is 10.1. The highest BCUT2D eigenvalue weighted by Crippen LogP contribution is 2.24. The van der Waals surface area contributed by atoms with E-state index in [1.807, 2.05) is 0 Å². The Morgan fingerprint density at radius 1 is 1.26 bits per heavy atom. The lowest BCUT2D eigenvalue weighted by Crippen LogP contribution is -2.41. The average molecular weight is 318 g/mol. The van der Waals surface area contributed by atoms with Crippen molar-refractivity contribution in [1.82, 2.24) is 4.90 Å². The van der Waals surface area contributed by atoms with Crippen LogP contribution >= 0.6 is 35.0 Å². The lowest BCUT2D eigenvalue weighted by Gasteiger charge is -2.23. The summed E-state index contributed by atoms with van der Waals surface area (Å²) in [5, 5.41) is 0.224. The van der Waals surface area contributed by atoms with Crippen molar-refractivity contribution in [3.05, 3.63) is 33.8 Å². The lowest BCUT2D eigenvalue weighted by molar-refractivity contribution is -0.127. The maximum atomic E-state index is 12.0. The van der Waals surface area contributed by atoms with E-state index in [1.165, 1.54) is 18.2 Å². The molecule has 1 aliphatic rings. The van der Waals surface area contributed by atoms with Crippen LogP contribution in [-0.4, -0.2) is 34.1 Å². The van der Waals surface area contributed by atoms with Gasteiger partial charge in [0.05, 0.1) is 16.6 Å². The van der Waals surface area contributed by atoms with Crippen molar-refractivity contribution < 1.29 is 14.4 Å². The van der Waals surface area contributed by atoms with Gasteiger partial charge in [-0.3, -0.25) is 19.3 Å². The number of imide groups is 1. The van der Waals surface area contributed by atoms with Gasteiger partial charge in [0.25, 0.3) is 5.24 Å². The van der Waals surface area contributed by atoms with Gasteiger partial charge >= 0.3 is 0 Å². The summed E-state index contributed by atoms with van der Waals surface area (Å²) >= 11 is 12.6. The summed E-state index contributed by atoms with van der Waals surface area (Å²) in [4.78, 5) is 36.1. The van der Waals surface area contributed by atoms with Crippen LogP contribution in [-0.2, 0) is 4.79 Å². The number of nitrogens with zero attached hydrogens (tertiary/aromatic N) is 1. The van der Waals surface area contributed by atoms with Crippen molar-refractivity contribution in [3.8, 4) is 0 Å². The number of hydrogen-bond donors (Lipinski definition) is 0. The molecule has 2 rings (SSSR count). The van der Waals surface area contributed by atoms with Crippen LogP contribution < -0.4 is 0 Å². The summed E-state index contributed by atoms with van der Waals surface area (Å²) in [6, 6.07) is 4.45. The normalized spacial score (nSPS) is 15.8. The van der Waals surface area contributed by atoms with E-state index in [2.05, 4.69) is 0 Å². The van der Waals surface area contributed by atoms with Crippen LogP contribution in [0.15, 0.2) is 18.2 Å². The second-order valence-electron chi connectivity index (χ2n) is 3.90. The van der Waals surface area contributed by atoms with Crippen LogP contribution in [0.4, 0.5) is 4.79 Å².